The van der Waals surface area contributed by atoms with Crippen LogP contribution in [0.25, 0.3) is 0 Å². The Hall–Kier alpha value is -1.50. The summed E-state index contributed by atoms with van der Waals surface area (Å²) >= 11 is 0. The van der Waals surface area contributed by atoms with Crippen molar-refractivity contribution in [3.05, 3.63) is 18.0 Å². The molecule has 0 aliphatic rings. The van der Waals surface area contributed by atoms with Crippen molar-refractivity contribution >= 4 is 5.97 Å². The van der Waals surface area contributed by atoms with Gasteiger partial charge in [-0.2, -0.15) is 13.9 Å². The molecule has 7 heteroatoms. The first kappa shape index (κ1) is 10.6. The maximum atomic E-state index is 12.7. The lowest BCUT2D eigenvalue weighted by Gasteiger charge is -2.16. The lowest BCUT2D eigenvalue weighted by atomic mass is 10.1. The summed E-state index contributed by atoms with van der Waals surface area (Å²) in [4.78, 5) is 10.1. The second-order valence-electron chi connectivity index (χ2n) is 2.78. The van der Waals surface area contributed by atoms with Crippen LogP contribution >= 0.6 is 0 Å². The topological polar surface area (TPSA) is 75.4 Å². The number of aryl methyl sites for hydroxylation is 1. The van der Waals surface area contributed by atoms with Gasteiger partial charge in [0, 0.05) is 18.8 Å². The van der Waals surface area contributed by atoms with Crippen LogP contribution in [0, 0.1) is 0 Å². The minimum absolute atomic E-state index is 0.236. The minimum atomic E-state index is -4.21. The molecule has 1 aromatic heterocycles. The summed E-state index contributed by atoms with van der Waals surface area (Å²) in [7, 11) is 1.47. The van der Waals surface area contributed by atoms with Gasteiger partial charge in [0.1, 0.15) is 0 Å². The first-order valence-electron chi connectivity index (χ1n) is 3.63. The number of halogens is 2. The largest absolute Gasteiger partial charge is 0.477 e. The molecule has 14 heavy (non-hydrogen) atoms. The van der Waals surface area contributed by atoms with Crippen molar-refractivity contribution in [2.75, 3.05) is 0 Å². The fraction of sp³-hybridized carbons (Fsp3) is 0.429. The van der Waals surface area contributed by atoms with Gasteiger partial charge in [0.2, 0.25) is 0 Å². The average molecular weight is 206 g/mol. The zero-order valence-electron chi connectivity index (χ0n) is 7.19. The van der Waals surface area contributed by atoms with Crippen molar-refractivity contribution in [1.29, 1.82) is 0 Å². The van der Waals surface area contributed by atoms with Crippen LogP contribution in [0.2, 0.25) is 0 Å². The molecule has 0 amide bonds. The zero-order chi connectivity index (χ0) is 10.9. The Morgan fingerprint density at radius 3 is 2.64 bits per heavy atom. The molecule has 0 radical (unpaired) electrons. The Balaban J connectivity index is 2.95. The van der Waals surface area contributed by atoms with E-state index in [1.807, 2.05) is 0 Å². The van der Waals surface area contributed by atoms with Gasteiger partial charge in [0.25, 0.3) is 0 Å². The standard InChI is InChI=1S/C7H8F2N2O3/c1-11-3-4(2-10-11)5(12)7(8,9)6(13)14/h2-3,5,12H,1H3,(H,13,14). The Morgan fingerprint density at radius 2 is 2.29 bits per heavy atom. The molecule has 0 spiro atoms. The molecule has 0 aliphatic carbocycles. The molecule has 1 heterocycles. The summed E-state index contributed by atoms with van der Waals surface area (Å²) in [5, 5.41) is 20.7. The van der Waals surface area contributed by atoms with Gasteiger partial charge in [0.15, 0.2) is 6.10 Å². The van der Waals surface area contributed by atoms with E-state index < -0.39 is 18.0 Å². The third-order valence-corrected chi connectivity index (χ3v) is 1.67. The molecule has 0 aliphatic heterocycles. The van der Waals surface area contributed by atoms with Gasteiger partial charge in [0.05, 0.1) is 6.20 Å². The van der Waals surface area contributed by atoms with E-state index in [9.17, 15) is 13.6 Å². The molecule has 0 aromatic carbocycles. The van der Waals surface area contributed by atoms with E-state index in [0.29, 0.717) is 0 Å². The van der Waals surface area contributed by atoms with Crippen LogP contribution in [-0.2, 0) is 11.8 Å². The van der Waals surface area contributed by atoms with E-state index in [-0.39, 0.29) is 5.56 Å². The molecular weight excluding hydrogens is 198 g/mol. The summed E-state index contributed by atoms with van der Waals surface area (Å²) in [6, 6.07) is 0. The number of aliphatic hydroxyl groups excluding tert-OH is 1. The number of carboxylic acids is 1. The van der Waals surface area contributed by atoms with Crippen molar-refractivity contribution in [2.24, 2.45) is 7.05 Å². The van der Waals surface area contributed by atoms with Crippen molar-refractivity contribution in [3.63, 3.8) is 0 Å². The summed E-state index contributed by atoms with van der Waals surface area (Å²) in [6.07, 6.45) is -0.267. The predicted molar refractivity (Wildman–Crippen MR) is 40.8 cm³/mol. The SMILES string of the molecule is Cn1cc(C(O)C(F)(F)C(=O)O)cn1. The van der Waals surface area contributed by atoms with Crippen LogP contribution in [0.1, 0.15) is 11.7 Å². The molecule has 1 rings (SSSR count). The molecule has 0 saturated carbocycles. The summed E-state index contributed by atoms with van der Waals surface area (Å²) in [5.74, 6) is -6.57. The van der Waals surface area contributed by atoms with E-state index in [0.717, 1.165) is 12.4 Å². The van der Waals surface area contributed by atoms with Crippen LogP contribution in [-0.4, -0.2) is 31.9 Å². The molecule has 1 atom stereocenters. The van der Waals surface area contributed by atoms with Gasteiger partial charge in [-0.1, -0.05) is 0 Å². The first-order chi connectivity index (χ1) is 6.35. The maximum absolute atomic E-state index is 12.7. The number of rotatable bonds is 3. The van der Waals surface area contributed by atoms with Gasteiger partial charge in [-0.15, -0.1) is 0 Å². The van der Waals surface area contributed by atoms with Crippen LogP contribution in [0.4, 0.5) is 8.78 Å². The molecule has 0 saturated heterocycles. The molecule has 78 valence electrons. The highest BCUT2D eigenvalue weighted by Crippen LogP contribution is 2.30. The van der Waals surface area contributed by atoms with Gasteiger partial charge in [-0.25, -0.2) is 4.79 Å². The smallest absolute Gasteiger partial charge is 0.377 e. The van der Waals surface area contributed by atoms with Gasteiger partial charge in [-0.05, 0) is 0 Å². The van der Waals surface area contributed by atoms with E-state index >= 15 is 0 Å². The van der Waals surface area contributed by atoms with Crippen LogP contribution in [0.3, 0.4) is 0 Å². The summed E-state index contributed by atoms with van der Waals surface area (Å²) in [6.45, 7) is 0. The molecule has 1 unspecified atom stereocenters. The molecule has 1 aromatic rings. The average Bonchev–Trinajstić information content (AvgIpc) is 2.50. The zero-order valence-corrected chi connectivity index (χ0v) is 7.19. The number of hydrogen-bond acceptors (Lipinski definition) is 3. The predicted octanol–water partition coefficient (Wildman–Crippen LogP) is 0.173. The number of alkyl halides is 2. The molecule has 0 bridgehead atoms. The van der Waals surface area contributed by atoms with E-state index in [4.69, 9.17) is 10.2 Å². The van der Waals surface area contributed by atoms with Crippen molar-refractivity contribution in [2.45, 2.75) is 12.0 Å². The lowest BCUT2D eigenvalue weighted by molar-refractivity contribution is -0.182. The summed E-state index contributed by atoms with van der Waals surface area (Å²) in [5.41, 5.74) is -0.236. The minimum Gasteiger partial charge on any atom is -0.477 e. The van der Waals surface area contributed by atoms with Crippen molar-refractivity contribution in [1.82, 2.24) is 9.78 Å². The number of nitrogens with zero attached hydrogens (tertiary/aromatic N) is 2. The number of aliphatic hydroxyl groups is 1. The quantitative estimate of drug-likeness (QED) is 0.739. The Bertz CT molecular complexity index is 350. The second kappa shape index (κ2) is 3.33. The van der Waals surface area contributed by atoms with Crippen LogP contribution in [0.5, 0.6) is 0 Å². The first-order valence-corrected chi connectivity index (χ1v) is 3.63. The molecule has 5 nitrogen and oxygen atoms in total. The van der Waals surface area contributed by atoms with Crippen molar-refractivity contribution < 1.29 is 23.8 Å². The molecule has 0 fully saturated rings. The number of aromatic nitrogens is 2. The number of carboxylic acid groups (broad SMARTS) is 1. The highest BCUT2D eigenvalue weighted by atomic mass is 19.3. The Kier molecular flexibility index (Phi) is 2.52. The third-order valence-electron chi connectivity index (χ3n) is 1.67. The lowest BCUT2D eigenvalue weighted by Crippen LogP contribution is -2.35. The number of carbonyl (C=O) groups is 1. The van der Waals surface area contributed by atoms with Gasteiger partial charge >= 0.3 is 11.9 Å². The highest BCUT2D eigenvalue weighted by Gasteiger charge is 2.48. The summed E-state index contributed by atoms with van der Waals surface area (Å²) < 4.78 is 26.7. The second-order valence-corrected chi connectivity index (χ2v) is 2.78. The Morgan fingerprint density at radius 1 is 1.71 bits per heavy atom. The van der Waals surface area contributed by atoms with Crippen LogP contribution < -0.4 is 0 Å². The number of hydrogen-bond donors (Lipinski definition) is 2. The normalized spacial score (nSPS) is 14.0. The van der Waals surface area contributed by atoms with E-state index in [1.54, 1.807) is 0 Å². The van der Waals surface area contributed by atoms with E-state index in [1.165, 1.54) is 11.7 Å². The van der Waals surface area contributed by atoms with Gasteiger partial charge in [-0.3, -0.25) is 4.68 Å². The van der Waals surface area contributed by atoms with Crippen LogP contribution in [0.15, 0.2) is 12.4 Å². The van der Waals surface area contributed by atoms with Gasteiger partial charge < -0.3 is 10.2 Å². The molecule has 2 N–H and O–H groups in total. The fourth-order valence-corrected chi connectivity index (χ4v) is 0.908. The third kappa shape index (κ3) is 1.72. The van der Waals surface area contributed by atoms with Crippen molar-refractivity contribution in [3.8, 4) is 0 Å². The maximum Gasteiger partial charge on any atom is 0.377 e. The molecular formula is C7H8F2N2O3. The fourth-order valence-electron chi connectivity index (χ4n) is 0.908. The number of aliphatic carboxylic acids is 1. The highest BCUT2D eigenvalue weighted by molar-refractivity contribution is 5.76. The monoisotopic (exact) mass is 206 g/mol. The van der Waals surface area contributed by atoms with E-state index in [2.05, 4.69) is 5.10 Å². The Labute approximate surface area is 77.6 Å².